The average Bonchev–Trinajstić information content (AvgIpc) is 3.00. The number of para-hydroxylation sites is 1. The molecule has 23 heavy (non-hydrogen) atoms. The highest BCUT2D eigenvalue weighted by Crippen LogP contribution is 2.25. The molecule has 0 unspecified atom stereocenters. The molecule has 1 heterocycles. The first kappa shape index (κ1) is 15.0. The standard InChI is InChI=1S/C19H14N2OS/c1-14-13-23-19(21-14)16(12-20)10-15-6-5-9-18(11-15)22-17-7-3-2-4-8-17/h2-11,13H,1H3/b16-10+. The van der Waals surface area contributed by atoms with Crippen LogP contribution >= 0.6 is 11.3 Å². The molecular formula is C19H14N2OS. The van der Waals surface area contributed by atoms with Gasteiger partial charge in [-0.1, -0.05) is 30.3 Å². The van der Waals surface area contributed by atoms with Gasteiger partial charge in [-0.3, -0.25) is 0 Å². The van der Waals surface area contributed by atoms with Gasteiger partial charge >= 0.3 is 0 Å². The van der Waals surface area contributed by atoms with E-state index in [9.17, 15) is 5.26 Å². The zero-order valence-corrected chi connectivity index (χ0v) is 13.4. The Hall–Kier alpha value is -2.90. The number of hydrogen-bond acceptors (Lipinski definition) is 4. The maximum Gasteiger partial charge on any atom is 0.134 e. The quantitative estimate of drug-likeness (QED) is 0.613. The first-order valence-corrected chi connectivity index (χ1v) is 8.00. The number of rotatable bonds is 4. The third kappa shape index (κ3) is 3.85. The van der Waals surface area contributed by atoms with Crippen LogP contribution in [0.2, 0.25) is 0 Å². The van der Waals surface area contributed by atoms with Crippen molar-refractivity contribution in [3.8, 4) is 17.6 Å². The summed E-state index contributed by atoms with van der Waals surface area (Å²) in [5, 5.41) is 12.0. The van der Waals surface area contributed by atoms with Crippen molar-refractivity contribution >= 4 is 23.0 Å². The van der Waals surface area contributed by atoms with Crippen molar-refractivity contribution in [2.75, 3.05) is 0 Å². The zero-order chi connectivity index (χ0) is 16.1. The van der Waals surface area contributed by atoms with Crippen molar-refractivity contribution in [1.82, 2.24) is 4.98 Å². The third-order valence-electron chi connectivity index (χ3n) is 3.12. The minimum absolute atomic E-state index is 0.556. The Kier molecular flexibility index (Phi) is 4.51. The lowest BCUT2D eigenvalue weighted by atomic mass is 10.1. The van der Waals surface area contributed by atoms with Crippen LogP contribution in [0.4, 0.5) is 0 Å². The molecule has 1 aromatic heterocycles. The van der Waals surface area contributed by atoms with E-state index in [0.717, 1.165) is 27.8 Å². The summed E-state index contributed by atoms with van der Waals surface area (Å²) in [6.45, 7) is 1.92. The maximum absolute atomic E-state index is 9.37. The molecule has 112 valence electrons. The summed E-state index contributed by atoms with van der Waals surface area (Å²) in [5.74, 6) is 1.52. The molecule has 0 saturated heterocycles. The SMILES string of the molecule is Cc1csc(/C(C#N)=C/c2cccc(Oc3ccccc3)c2)n1. The third-order valence-corrected chi connectivity index (χ3v) is 4.11. The summed E-state index contributed by atoms with van der Waals surface area (Å²) in [4.78, 5) is 4.36. The summed E-state index contributed by atoms with van der Waals surface area (Å²) in [7, 11) is 0. The lowest BCUT2D eigenvalue weighted by Gasteiger charge is -2.06. The highest BCUT2D eigenvalue weighted by atomic mass is 32.1. The van der Waals surface area contributed by atoms with E-state index in [1.807, 2.05) is 73.0 Å². The van der Waals surface area contributed by atoms with Gasteiger partial charge in [0.1, 0.15) is 22.6 Å². The molecule has 0 aliphatic rings. The Bertz CT molecular complexity index is 876. The molecule has 0 aliphatic heterocycles. The molecule has 0 radical (unpaired) electrons. The van der Waals surface area contributed by atoms with Crippen LogP contribution in [0.1, 0.15) is 16.3 Å². The van der Waals surface area contributed by atoms with Crippen LogP contribution in [0, 0.1) is 18.3 Å². The number of aromatic nitrogens is 1. The molecule has 0 bridgehead atoms. The molecule has 0 fully saturated rings. The molecule has 3 aromatic rings. The van der Waals surface area contributed by atoms with Crippen molar-refractivity contribution < 1.29 is 4.74 Å². The number of allylic oxidation sites excluding steroid dienone is 1. The zero-order valence-electron chi connectivity index (χ0n) is 12.6. The molecule has 3 rings (SSSR count). The van der Waals surface area contributed by atoms with Crippen LogP contribution in [-0.4, -0.2) is 4.98 Å². The predicted octanol–water partition coefficient (Wildman–Crippen LogP) is 5.31. The van der Waals surface area contributed by atoms with Crippen LogP contribution in [0.3, 0.4) is 0 Å². The summed E-state index contributed by atoms with van der Waals surface area (Å²) < 4.78 is 5.82. The second-order valence-electron chi connectivity index (χ2n) is 4.95. The van der Waals surface area contributed by atoms with Crippen molar-refractivity contribution in [2.24, 2.45) is 0 Å². The second kappa shape index (κ2) is 6.91. The number of thiazole rings is 1. The Morgan fingerprint density at radius 2 is 1.91 bits per heavy atom. The fourth-order valence-corrected chi connectivity index (χ4v) is 2.84. The van der Waals surface area contributed by atoms with Gasteiger partial charge in [-0.15, -0.1) is 11.3 Å². The van der Waals surface area contributed by atoms with E-state index in [1.165, 1.54) is 11.3 Å². The predicted molar refractivity (Wildman–Crippen MR) is 93.3 cm³/mol. The topological polar surface area (TPSA) is 45.9 Å². The van der Waals surface area contributed by atoms with Crippen molar-refractivity contribution in [1.29, 1.82) is 5.26 Å². The second-order valence-corrected chi connectivity index (χ2v) is 5.81. The first-order valence-electron chi connectivity index (χ1n) is 7.12. The minimum Gasteiger partial charge on any atom is -0.457 e. The van der Waals surface area contributed by atoms with Gasteiger partial charge in [0, 0.05) is 11.1 Å². The van der Waals surface area contributed by atoms with Crippen LogP contribution < -0.4 is 4.74 Å². The van der Waals surface area contributed by atoms with E-state index in [4.69, 9.17) is 4.74 Å². The van der Waals surface area contributed by atoms with Crippen LogP contribution in [0.5, 0.6) is 11.5 Å². The van der Waals surface area contributed by atoms with Crippen LogP contribution in [0.25, 0.3) is 11.6 Å². The van der Waals surface area contributed by atoms with Crippen LogP contribution in [-0.2, 0) is 0 Å². The van der Waals surface area contributed by atoms with Crippen LogP contribution in [0.15, 0.2) is 60.0 Å². The molecule has 4 heteroatoms. The molecule has 2 aromatic carbocycles. The lowest BCUT2D eigenvalue weighted by molar-refractivity contribution is 0.482. The monoisotopic (exact) mass is 318 g/mol. The van der Waals surface area contributed by atoms with E-state index in [0.29, 0.717) is 5.57 Å². The molecule has 0 saturated carbocycles. The number of nitrogens with zero attached hydrogens (tertiary/aromatic N) is 2. The van der Waals surface area contributed by atoms with Gasteiger partial charge in [-0.05, 0) is 42.8 Å². The summed E-state index contributed by atoms with van der Waals surface area (Å²) in [6.07, 6.45) is 1.83. The summed E-state index contributed by atoms with van der Waals surface area (Å²) in [5.41, 5.74) is 2.38. The van der Waals surface area contributed by atoms with Gasteiger partial charge in [0.25, 0.3) is 0 Å². The lowest BCUT2D eigenvalue weighted by Crippen LogP contribution is -1.85. The fourth-order valence-electron chi connectivity index (χ4n) is 2.08. The van der Waals surface area contributed by atoms with Gasteiger partial charge < -0.3 is 4.74 Å². The van der Waals surface area contributed by atoms with E-state index < -0.39 is 0 Å². The molecule has 0 atom stereocenters. The Morgan fingerprint density at radius 1 is 1.13 bits per heavy atom. The first-order chi connectivity index (χ1) is 11.2. The molecule has 0 aliphatic carbocycles. The maximum atomic E-state index is 9.37. The molecule has 0 N–H and O–H groups in total. The average molecular weight is 318 g/mol. The fraction of sp³-hybridized carbons (Fsp3) is 0.0526. The number of aryl methyl sites for hydroxylation is 1. The van der Waals surface area contributed by atoms with Crippen molar-refractivity contribution in [3.05, 3.63) is 76.2 Å². The largest absolute Gasteiger partial charge is 0.457 e. The number of ether oxygens (including phenoxy) is 1. The van der Waals surface area contributed by atoms with Gasteiger partial charge in [-0.25, -0.2) is 4.98 Å². The van der Waals surface area contributed by atoms with E-state index in [2.05, 4.69) is 11.1 Å². The summed E-state index contributed by atoms with van der Waals surface area (Å²) >= 11 is 1.48. The number of nitriles is 1. The van der Waals surface area contributed by atoms with Gasteiger partial charge in [0.15, 0.2) is 0 Å². The van der Waals surface area contributed by atoms with Crippen molar-refractivity contribution in [3.63, 3.8) is 0 Å². The molecular weight excluding hydrogens is 304 g/mol. The Labute approximate surface area is 139 Å². The van der Waals surface area contributed by atoms with Gasteiger partial charge in [-0.2, -0.15) is 5.26 Å². The van der Waals surface area contributed by atoms with Gasteiger partial charge in [0.05, 0.1) is 5.57 Å². The summed E-state index contributed by atoms with van der Waals surface area (Å²) in [6, 6.07) is 19.5. The van der Waals surface area contributed by atoms with E-state index in [-0.39, 0.29) is 0 Å². The van der Waals surface area contributed by atoms with E-state index >= 15 is 0 Å². The highest BCUT2D eigenvalue weighted by Gasteiger charge is 2.06. The Morgan fingerprint density at radius 3 is 2.61 bits per heavy atom. The van der Waals surface area contributed by atoms with Gasteiger partial charge in [0.2, 0.25) is 0 Å². The van der Waals surface area contributed by atoms with E-state index in [1.54, 1.807) is 0 Å². The molecule has 3 nitrogen and oxygen atoms in total. The number of hydrogen-bond donors (Lipinski definition) is 0. The molecule has 0 amide bonds. The smallest absolute Gasteiger partial charge is 0.134 e. The Balaban J connectivity index is 1.87. The highest BCUT2D eigenvalue weighted by molar-refractivity contribution is 7.11. The molecule has 0 spiro atoms. The minimum atomic E-state index is 0.556. The number of benzene rings is 2. The van der Waals surface area contributed by atoms with Crippen molar-refractivity contribution in [2.45, 2.75) is 6.92 Å². The normalized spacial score (nSPS) is 11.0.